The minimum Gasteiger partial charge on any atom is -0.481 e. The van der Waals surface area contributed by atoms with Crippen LogP contribution in [0.3, 0.4) is 0 Å². The van der Waals surface area contributed by atoms with Crippen LogP contribution in [0.15, 0.2) is 12.7 Å². The lowest BCUT2D eigenvalue weighted by Crippen LogP contribution is -2.42. The summed E-state index contributed by atoms with van der Waals surface area (Å²) in [6.45, 7) is 6.59. The third-order valence-electron chi connectivity index (χ3n) is 1.86. The van der Waals surface area contributed by atoms with Crippen LogP contribution >= 0.6 is 0 Å². The van der Waals surface area contributed by atoms with Crippen molar-refractivity contribution in [1.29, 1.82) is 0 Å². The lowest BCUT2D eigenvalue weighted by Gasteiger charge is -2.12. The average Bonchev–Trinajstić information content (AvgIpc) is 2.21. The van der Waals surface area contributed by atoms with E-state index in [1.54, 1.807) is 13.0 Å². The molecule has 0 aromatic rings. The topological polar surface area (TPSA) is 87.7 Å². The number of carbonyl (C=O) groups excluding carboxylic acids is 1. The van der Waals surface area contributed by atoms with Gasteiger partial charge in [0.05, 0.1) is 19.6 Å². The molecule has 0 aliphatic carbocycles. The Kier molecular flexibility index (Phi) is 8.77. The smallest absolute Gasteiger partial charge is 0.315 e. The zero-order valence-electron chi connectivity index (χ0n) is 10.1. The SMILES string of the molecule is C=CCCOCCNC(=O)NC(C)CC(=O)O. The number of aliphatic carboxylic acids is 1. The molecule has 0 aliphatic rings. The molecule has 6 nitrogen and oxygen atoms in total. The maximum atomic E-state index is 11.2. The van der Waals surface area contributed by atoms with Gasteiger partial charge in [-0.2, -0.15) is 0 Å². The predicted molar refractivity (Wildman–Crippen MR) is 63.9 cm³/mol. The van der Waals surface area contributed by atoms with E-state index in [-0.39, 0.29) is 12.5 Å². The molecular weight excluding hydrogens is 224 g/mol. The van der Waals surface area contributed by atoms with E-state index in [9.17, 15) is 9.59 Å². The maximum absolute atomic E-state index is 11.2. The van der Waals surface area contributed by atoms with E-state index in [4.69, 9.17) is 9.84 Å². The van der Waals surface area contributed by atoms with Crippen molar-refractivity contribution < 1.29 is 19.4 Å². The van der Waals surface area contributed by atoms with Crippen molar-refractivity contribution in [3.8, 4) is 0 Å². The van der Waals surface area contributed by atoms with Gasteiger partial charge >= 0.3 is 12.0 Å². The minimum atomic E-state index is -0.939. The van der Waals surface area contributed by atoms with Crippen molar-refractivity contribution in [2.24, 2.45) is 0 Å². The van der Waals surface area contributed by atoms with E-state index in [1.165, 1.54) is 0 Å². The lowest BCUT2D eigenvalue weighted by atomic mass is 10.2. The molecule has 0 heterocycles. The van der Waals surface area contributed by atoms with Gasteiger partial charge in [-0.05, 0) is 13.3 Å². The molecule has 0 aromatic carbocycles. The Bertz CT molecular complexity index is 256. The third-order valence-corrected chi connectivity index (χ3v) is 1.86. The number of carboxylic acid groups (broad SMARTS) is 1. The molecule has 0 aliphatic heterocycles. The lowest BCUT2D eigenvalue weighted by molar-refractivity contribution is -0.137. The average molecular weight is 244 g/mol. The second-order valence-corrected chi connectivity index (χ2v) is 3.59. The first kappa shape index (κ1) is 15.4. The Morgan fingerprint density at radius 1 is 1.47 bits per heavy atom. The Balaban J connectivity index is 3.45. The van der Waals surface area contributed by atoms with Crippen LogP contribution in [0.4, 0.5) is 4.79 Å². The van der Waals surface area contributed by atoms with Crippen LogP contribution in [0.1, 0.15) is 19.8 Å². The van der Waals surface area contributed by atoms with Crippen LogP contribution in [-0.2, 0) is 9.53 Å². The Labute approximate surface area is 101 Å². The zero-order valence-corrected chi connectivity index (χ0v) is 10.1. The van der Waals surface area contributed by atoms with Gasteiger partial charge in [0.15, 0.2) is 0 Å². The summed E-state index contributed by atoms with van der Waals surface area (Å²) in [5.41, 5.74) is 0. The van der Waals surface area contributed by atoms with Crippen molar-refractivity contribution in [3.63, 3.8) is 0 Å². The molecule has 0 spiro atoms. The minimum absolute atomic E-state index is 0.0940. The molecule has 98 valence electrons. The molecule has 0 bridgehead atoms. The summed E-state index contributed by atoms with van der Waals surface area (Å²) in [6, 6.07) is -0.778. The van der Waals surface area contributed by atoms with E-state index in [2.05, 4.69) is 17.2 Å². The predicted octanol–water partition coefficient (Wildman–Crippen LogP) is 0.741. The molecule has 0 fully saturated rings. The van der Waals surface area contributed by atoms with Gasteiger partial charge in [0.25, 0.3) is 0 Å². The van der Waals surface area contributed by atoms with Crippen molar-refractivity contribution in [2.75, 3.05) is 19.8 Å². The molecule has 1 unspecified atom stereocenters. The van der Waals surface area contributed by atoms with Crippen LogP contribution in [0.2, 0.25) is 0 Å². The standard InChI is InChI=1S/C11H20N2O4/c1-3-4-6-17-7-5-12-11(16)13-9(2)8-10(14)15/h3,9H,1,4-8H2,2H3,(H,14,15)(H2,12,13,16). The normalized spacial score (nSPS) is 11.6. The molecule has 1 atom stereocenters. The van der Waals surface area contributed by atoms with Gasteiger partial charge in [-0.15, -0.1) is 6.58 Å². The first-order valence-corrected chi connectivity index (χ1v) is 5.51. The van der Waals surface area contributed by atoms with Gasteiger partial charge in [-0.25, -0.2) is 4.79 Å². The fourth-order valence-electron chi connectivity index (χ4n) is 1.09. The fraction of sp³-hybridized carbons (Fsp3) is 0.636. The van der Waals surface area contributed by atoms with Crippen molar-refractivity contribution in [1.82, 2.24) is 10.6 Å². The summed E-state index contributed by atoms with van der Waals surface area (Å²) in [5, 5.41) is 13.6. The van der Waals surface area contributed by atoms with E-state index >= 15 is 0 Å². The zero-order chi connectivity index (χ0) is 13.1. The Morgan fingerprint density at radius 2 is 2.18 bits per heavy atom. The van der Waals surface area contributed by atoms with Crippen LogP contribution in [-0.4, -0.2) is 42.9 Å². The van der Waals surface area contributed by atoms with Gasteiger partial charge in [0, 0.05) is 12.6 Å². The van der Waals surface area contributed by atoms with Gasteiger partial charge in [-0.3, -0.25) is 4.79 Å². The largest absolute Gasteiger partial charge is 0.481 e. The fourth-order valence-corrected chi connectivity index (χ4v) is 1.09. The third kappa shape index (κ3) is 10.7. The molecule has 0 saturated carbocycles. The molecule has 6 heteroatoms. The quantitative estimate of drug-likeness (QED) is 0.412. The van der Waals surface area contributed by atoms with Crippen LogP contribution < -0.4 is 10.6 Å². The monoisotopic (exact) mass is 244 g/mol. The van der Waals surface area contributed by atoms with Crippen LogP contribution in [0, 0.1) is 0 Å². The summed E-state index contributed by atoms with van der Waals surface area (Å²) in [4.78, 5) is 21.6. The van der Waals surface area contributed by atoms with E-state index in [0.29, 0.717) is 19.8 Å². The molecule has 0 aromatic heterocycles. The van der Waals surface area contributed by atoms with Crippen molar-refractivity contribution in [3.05, 3.63) is 12.7 Å². The molecule has 3 N–H and O–H groups in total. The van der Waals surface area contributed by atoms with Crippen molar-refractivity contribution >= 4 is 12.0 Å². The first-order valence-electron chi connectivity index (χ1n) is 5.51. The molecular formula is C11H20N2O4. The second-order valence-electron chi connectivity index (χ2n) is 3.59. The summed E-state index contributed by atoms with van der Waals surface area (Å²) >= 11 is 0. The number of amides is 2. The summed E-state index contributed by atoms with van der Waals surface area (Å²) < 4.78 is 5.19. The summed E-state index contributed by atoms with van der Waals surface area (Å²) in [7, 11) is 0. The molecule has 0 radical (unpaired) electrons. The van der Waals surface area contributed by atoms with Crippen LogP contribution in [0.5, 0.6) is 0 Å². The number of nitrogens with one attached hydrogen (secondary N) is 2. The van der Waals surface area contributed by atoms with Crippen molar-refractivity contribution in [2.45, 2.75) is 25.8 Å². The number of carboxylic acids is 1. The molecule has 17 heavy (non-hydrogen) atoms. The number of urea groups is 1. The Hall–Kier alpha value is -1.56. The van der Waals surface area contributed by atoms with E-state index < -0.39 is 12.0 Å². The number of hydrogen-bond donors (Lipinski definition) is 3. The highest BCUT2D eigenvalue weighted by atomic mass is 16.5. The van der Waals surface area contributed by atoms with Gasteiger partial charge in [-0.1, -0.05) is 6.08 Å². The number of hydrogen-bond acceptors (Lipinski definition) is 3. The number of carbonyl (C=O) groups is 2. The number of ether oxygens (including phenoxy) is 1. The molecule has 2 amide bonds. The summed E-state index contributed by atoms with van der Waals surface area (Å²) in [6.07, 6.45) is 2.44. The second kappa shape index (κ2) is 9.65. The molecule has 0 rings (SSSR count). The molecule has 0 saturated heterocycles. The van der Waals surface area contributed by atoms with E-state index in [1.807, 2.05) is 0 Å². The highest BCUT2D eigenvalue weighted by molar-refractivity contribution is 5.75. The maximum Gasteiger partial charge on any atom is 0.315 e. The summed E-state index contributed by atoms with van der Waals surface area (Å²) in [5.74, 6) is -0.939. The van der Waals surface area contributed by atoms with Gasteiger partial charge in [0.2, 0.25) is 0 Å². The van der Waals surface area contributed by atoms with Gasteiger partial charge in [0.1, 0.15) is 0 Å². The Morgan fingerprint density at radius 3 is 2.76 bits per heavy atom. The first-order chi connectivity index (χ1) is 8.06. The number of rotatable bonds is 9. The van der Waals surface area contributed by atoms with E-state index in [0.717, 1.165) is 6.42 Å². The highest BCUT2D eigenvalue weighted by Gasteiger charge is 2.09. The van der Waals surface area contributed by atoms with Gasteiger partial charge < -0.3 is 20.5 Å². The highest BCUT2D eigenvalue weighted by Crippen LogP contribution is 1.89. The van der Waals surface area contributed by atoms with Crippen LogP contribution in [0.25, 0.3) is 0 Å².